The van der Waals surface area contributed by atoms with Crippen molar-refractivity contribution in [3.8, 4) is 0 Å². The summed E-state index contributed by atoms with van der Waals surface area (Å²) in [6, 6.07) is 4.38. The first kappa shape index (κ1) is 10.9. The van der Waals surface area contributed by atoms with Crippen LogP contribution in [0.15, 0.2) is 34.6 Å². The van der Waals surface area contributed by atoms with Crippen molar-refractivity contribution in [1.82, 2.24) is 9.55 Å². The number of hydrogen-bond donors (Lipinski definition) is 1. The first-order valence-electron chi connectivity index (χ1n) is 4.66. The molecule has 0 amide bonds. The van der Waals surface area contributed by atoms with Crippen molar-refractivity contribution in [2.24, 2.45) is 5.73 Å². The third kappa shape index (κ3) is 2.30. The summed E-state index contributed by atoms with van der Waals surface area (Å²) in [5, 5.41) is 0. The van der Waals surface area contributed by atoms with E-state index in [4.69, 9.17) is 5.73 Å². The normalized spacial score (nSPS) is 15.1. The van der Waals surface area contributed by atoms with Gasteiger partial charge >= 0.3 is 0 Å². The fraction of sp³-hybridized carbons (Fsp3) is 0.300. The number of thiophene rings is 1. The van der Waals surface area contributed by atoms with Crippen LogP contribution in [0.25, 0.3) is 0 Å². The molecule has 0 aliphatic carbocycles. The molecular weight excluding hydrogens is 274 g/mol. The third-order valence-corrected chi connectivity index (χ3v) is 3.92. The second-order valence-electron chi connectivity index (χ2n) is 3.46. The van der Waals surface area contributed by atoms with E-state index in [-0.39, 0.29) is 12.1 Å². The molecule has 0 aliphatic rings. The van der Waals surface area contributed by atoms with Crippen LogP contribution in [0, 0.1) is 0 Å². The summed E-state index contributed by atoms with van der Waals surface area (Å²) in [5.41, 5.74) is 6.01. The molecule has 2 aromatic heterocycles. The molecular formula is C10H12BrN3S. The Kier molecular flexibility index (Phi) is 3.23. The highest BCUT2D eigenvalue weighted by Crippen LogP contribution is 2.30. The number of nitrogens with zero attached hydrogens (tertiary/aromatic N) is 2. The van der Waals surface area contributed by atoms with Gasteiger partial charge in [-0.2, -0.15) is 0 Å². The van der Waals surface area contributed by atoms with Crippen LogP contribution in [0.5, 0.6) is 0 Å². The van der Waals surface area contributed by atoms with Gasteiger partial charge in [0.1, 0.15) is 0 Å². The molecule has 0 aliphatic heterocycles. The fourth-order valence-electron chi connectivity index (χ4n) is 1.60. The Morgan fingerprint density at radius 3 is 2.80 bits per heavy atom. The fourth-order valence-corrected chi connectivity index (χ4v) is 3.25. The minimum atomic E-state index is 0.0600. The smallest absolute Gasteiger partial charge is 0.0952 e. The first-order valence-corrected chi connectivity index (χ1v) is 6.27. The van der Waals surface area contributed by atoms with Crippen molar-refractivity contribution < 1.29 is 0 Å². The van der Waals surface area contributed by atoms with Crippen LogP contribution >= 0.6 is 27.3 Å². The van der Waals surface area contributed by atoms with E-state index in [1.54, 1.807) is 17.5 Å². The summed E-state index contributed by atoms with van der Waals surface area (Å²) in [6.45, 7) is 2.01. The molecule has 2 aromatic rings. The summed E-state index contributed by atoms with van der Waals surface area (Å²) in [5.74, 6) is 0. The van der Waals surface area contributed by atoms with Gasteiger partial charge in [0.15, 0.2) is 0 Å². The number of halogens is 1. The van der Waals surface area contributed by atoms with E-state index in [1.807, 2.05) is 30.1 Å². The molecule has 0 saturated carbocycles. The quantitative estimate of drug-likeness (QED) is 0.942. The van der Waals surface area contributed by atoms with Crippen LogP contribution in [-0.4, -0.2) is 15.6 Å². The molecule has 80 valence electrons. The lowest BCUT2D eigenvalue weighted by atomic mass is 10.1. The average molecular weight is 286 g/mol. The Bertz CT molecular complexity index is 422. The standard InChI is InChI=1S/C10H12BrN3S/c1-7(12)10(14-5-4-13-6-14)8-2-3-9(11)15-8/h2-7,10H,12H2,1H3. The molecule has 5 heteroatoms. The van der Waals surface area contributed by atoms with Crippen LogP contribution in [0.4, 0.5) is 0 Å². The van der Waals surface area contributed by atoms with E-state index in [1.165, 1.54) is 4.88 Å². The Morgan fingerprint density at radius 1 is 1.53 bits per heavy atom. The van der Waals surface area contributed by atoms with Gasteiger partial charge in [0, 0.05) is 23.3 Å². The van der Waals surface area contributed by atoms with Gasteiger partial charge in [-0.3, -0.25) is 0 Å². The zero-order valence-electron chi connectivity index (χ0n) is 8.30. The average Bonchev–Trinajstić information content (AvgIpc) is 2.77. The van der Waals surface area contributed by atoms with Gasteiger partial charge in [-0.1, -0.05) is 0 Å². The molecule has 0 fully saturated rings. The Labute approximate surface area is 101 Å². The summed E-state index contributed by atoms with van der Waals surface area (Å²) in [6.07, 6.45) is 5.53. The minimum absolute atomic E-state index is 0.0600. The lowest BCUT2D eigenvalue weighted by Gasteiger charge is -2.20. The highest BCUT2D eigenvalue weighted by molar-refractivity contribution is 9.11. The molecule has 0 saturated heterocycles. The van der Waals surface area contributed by atoms with Crippen molar-refractivity contribution in [1.29, 1.82) is 0 Å². The summed E-state index contributed by atoms with van der Waals surface area (Å²) in [7, 11) is 0. The van der Waals surface area contributed by atoms with E-state index in [9.17, 15) is 0 Å². The van der Waals surface area contributed by atoms with Gasteiger partial charge in [-0.25, -0.2) is 4.98 Å². The van der Waals surface area contributed by atoms with Gasteiger partial charge in [0.25, 0.3) is 0 Å². The predicted octanol–water partition coefficient (Wildman–Crippen LogP) is 2.64. The maximum Gasteiger partial charge on any atom is 0.0952 e. The van der Waals surface area contributed by atoms with Crippen molar-refractivity contribution >= 4 is 27.3 Å². The Balaban J connectivity index is 2.36. The molecule has 2 rings (SSSR count). The number of rotatable bonds is 3. The zero-order chi connectivity index (χ0) is 10.8. The monoisotopic (exact) mass is 285 g/mol. The Morgan fingerprint density at radius 2 is 2.33 bits per heavy atom. The van der Waals surface area contributed by atoms with Gasteiger partial charge in [0.05, 0.1) is 16.2 Å². The molecule has 0 spiro atoms. The number of hydrogen-bond acceptors (Lipinski definition) is 3. The van der Waals surface area contributed by atoms with E-state index < -0.39 is 0 Å². The van der Waals surface area contributed by atoms with Gasteiger partial charge in [0.2, 0.25) is 0 Å². The third-order valence-electron chi connectivity index (χ3n) is 2.23. The first-order chi connectivity index (χ1) is 7.18. The maximum absolute atomic E-state index is 6.01. The van der Waals surface area contributed by atoms with Crippen molar-refractivity contribution in [2.45, 2.75) is 19.0 Å². The van der Waals surface area contributed by atoms with E-state index in [0.717, 1.165) is 3.79 Å². The van der Waals surface area contributed by atoms with Crippen LogP contribution in [0.3, 0.4) is 0 Å². The van der Waals surface area contributed by atoms with Crippen LogP contribution in [0.2, 0.25) is 0 Å². The summed E-state index contributed by atoms with van der Waals surface area (Å²) in [4.78, 5) is 5.30. The minimum Gasteiger partial charge on any atom is -0.328 e. The topological polar surface area (TPSA) is 43.8 Å². The molecule has 0 bridgehead atoms. The lowest BCUT2D eigenvalue weighted by molar-refractivity contribution is 0.503. The van der Waals surface area contributed by atoms with Crippen LogP contribution in [0.1, 0.15) is 17.8 Å². The largest absolute Gasteiger partial charge is 0.328 e. The lowest BCUT2D eigenvalue weighted by Crippen LogP contribution is -2.28. The molecule has 2 atom stereocenters. The number of nitrogens with two attached hydrogens (primary N) is 1. The number of aromatic nitrogens is 2. The van der Waals surface area contributed by atoms with Crippen molar-refractivity contribution in [2.75, 3.05) is 0 Å². The molecule has 2 heterocycles. The number of imidazole rings is 1. The zero-order valence-corrected chi connectivity index (χ0v) is 10.7. The molecule has 3 nitrogen and oxygen atoms in total. The van der Waals surface area contributed by atoms with Gasteiger partial charge < -0.3 is 10.3 Å². The van der Waals surface area contributed by atoms with E-state index in [0.29, 0.717) is 0 Å². The molecule has 0 radical (unpaired) electrons. The highest BCUT2D eigenvalue weighted by Gasteiger charge is 2.19. The highest BCUT2D eigenvalue weighted by atomic mass is 79.9. The molecule has 15 heavy (non-hydrogen) atoms. The SMILES string of the molecule is CC(N)C(c1ccc(Br)s1)n1ccnc1. The summed E-state index contributed by atoms with van der Waals surface area (Å²) >= 11 is 5.18. The van der Waals surface area contributed by atoms with E-state index >= 15 is 0 Å². The molecule has 0 aromatic carbocycles. The van der Waals surface area contributed by atoms with Crippen molar-refractivity contribution in [3.05, 3.63) is 39.5 Å². The summed E-state index contributed by atoms with van der Waals surface area (Å²) < 4.78 is 3.17. The second kappa shape index (κ2) is 4.47. The Hall–Kier alpha value is -0.650. The van der Waals surface area contributed by atoms with Crippen LogP contribution < -0.4 is 5.73 Å². The van der Waals surface area contributed by atoms with Crippen LogP contribution in [-0.2, 0) is 0 Å². The molecule has 2 unspecified atom stereocenters. The maximum atomic E-state index is 6.01. The van der Waals surface area contributed by atoms with Crippen molar-refractivity contribution in [3.63, 3.8) is 0 Å². The molecule has 2 N–H and O–H groups in total. The second-order valence-corrected chi connectivity index (χ2v) is 5.95. The van der Waals surface area contributed by atoms with E-state index in [2.05, 4.69) is 27.0 Å². The predicted molar refractivity (Wildman–Crippen MR) is 66.0 cm³/mol. The van der Waals surface area contributed by atoms with Gasteiger partial charge in [-0.05, 0) is 35.0 Å². The van der Waals surface area contributed by atoms with Gasteiger partial charge in [-0.15, -0.1) is 11.3 Å².